The van der Waals surface area contributed by atoms with Crippen molar-refractivity contribution in [2.45, 2.75) is 261 Å². The summed E-state index contributed by atoms with van der Waals surface area (Å²) in [4.78, 5) is 116. The standard InChI is InChI=1S/C19H20N4O6S2.C17H19N5O6S2.C13H19NO6S.C12H18N2O6S.C12H17NO6S2.C12H17NO6S/c1-8-18(31-19(23-8)9-5-20-2-3-21-9)16(27)12-6-22-13(30-12)4-10-14(25)17(28)15(26)11(7-24)29-10;1-6-16(30-17(20-6)7-3-19-22-21-7)14(26)10-4-18-11(29-10)2-8-12(24)15(27)13(25)9(5-23)28-8;1-6(16)9-4-14-10(21-9)3-2-7-11(17)13(19)12(18)8(5-15)20-7;1-5(16)8-3-14-12(21-8)13-2-6-9(17)11(19)10(18)7(4-15)20-6;1-5(15)8-2-13-12(21-8)20-4-7-10(17)11(18)9(16)6(3-14)19-7;1-5(15)8-3-13-9(20-8)2-6-10(16)12(18)11(17)7(4-14)19-6/h2-3,5-6,10-11,14-15,17,24-26,28H,4,7H2,1H3;3-4,8-9,12-13,15,23-25,27H,2,5H2,1H3,(H,19,21,22);4,7-8,11-13,15,17-19H,2-3,5H2,1H3;3,6-7,9-11,15,17-19H,2,4H2,1H3,(H,13,14);2,6-7,9-11,14,16-18H,3-4H2,1H3;3,6-7,10-12,14,16-18H,2,4H2,1H3/t10-,11-,14-,15-,17-;8-,9-,12-,13-,15-;7-,8-,11-,12-,13-;6-,7-,9-,10-,11-;6-,7-,9-,10-,11+;6-,7-,10-,11-,12-/m111111/s1. The number of aromatic amines is 1. The van der Waals surface area contributed by atoms with E-state index < -0.39 is 223 Å². The number of ether oxygens (including phenoxy) is 6. The van der Waals surface area contributed by atoms with E-state index in [4.69, 9.17) is 48.8 Å². The minimum atomic E-state index is -1.45. The van der Waals surface area contributed by atoms with Crippen molar-refractivity contribution >= 4 is 142 Å². The maximum atomic E-state index is 13.0. The Morgan fingerprint density at radius 2 is 0.667 bits per heavy atom. The van der Waals surface area contributed by atoms with E-state index in [1.54, 1.807) is 32.4 Å². The number of rotatable bonds is 31. The quantitative estimate of drug-likeness (QED) is 0.0143. The van der Waals surface area contributed by atoms with Crippen molar-refractivity contribution in [3.05, 3.63) is 132 Å². The summed E-state index contributed by atoms with van der Waals surface area (Å²) < 4.78 is 33.2. The average Bonchev–Trinajstić information content (AvgIpc) is 1.66. The van der Waals surface area contributed by atoms with E-state index in [1.807, 2.05) is 0 Å². The van der Waals surface area contributed by atoms with Gasteiger partial charge in [-0.1, -0.05) is 23.1 Å². The number of aryl methyl sites for hydroxylation is 3. The molecule has 26 N–H and O–H groups in total. The van der Waals surface area contributed by atoms with Crippen LogP contribution in [0.2, 0.25) is 0 Å². The van der Waals surface area contributed by atoms with Gasteiger partial charge in [0.15, 0.2) is 32.6 Å². The van der Waals surface area contributed by atoms with Crippen molar-refractivity contribution in [3.63, 3.8) is 0 Å². The van der Waals surface area contributed by atoms with E-state index in [-0.39, 0.29) is 66.3 Å². The molecule has 0 spiro atoms. The molecular formula is C85H110N14O36S9. The van der Waals surface area contributed by atoms with Crippen LogP contribution >= 0.6 is 102 Å². The summed E-state index contributed by atoms with van der Waals surface area (Å²) >= 11 is 10.9. The first kappa shape index (κ1) is 117. The molecule has 6 aliphatic rings. The molecule has 0 radical (unpaired) electrons. The van der Waals surface area contributed by atoms with Crippen molar-refractivity contribution in [3.8, 4) is 21.4 Å². The molecule has 0 amide bonds. The van der Waals surface area contributed by atoms with Gasteiger partial charge < -0.3 is 156 Å². The zero-order chi connectivity index (χ0) is 105. The van der Waals surface area contributed by atoms with Crippen LogP contribution in [0.25, 0.3) is 21.4 Å². The third kappa shape index (κ3) is 29.5. The molecule has 0 saturated carbocycles. The number of H-pyrrole nitrogens is 1. The number of carbonyl (C=O) groups is 6. The summed E-state index contributed by atoms with van der Waals surface area (Å²) in [5.41, 5.74) is 2.29. The number of Topliss-reactive ketones (excluding diaryl/α,β-unsaturated/α-hetero) is 4. The predicted octanol–water partition coefficient (Wildman–Crippen LogP) is -4.98. The topological polar surface area (TPSA) is 826 Å². The van der Waals surface area contributed by atoms with Crippen LogP contribution in [0.1, 0.15) is 133 Å². The zero-order valence-corrected chi connectivity index (χ0v) is 84.3. The van der Waals surface area contributed by atoms with Gasteiger partial charge in [-0.3, -0.25) is 38.7 Å². The first-order valence-corrected chi connectivity index (χ1v) is 51.6. The van der Waals surface area contributed by atoms with Gasteiger partial charge >= 0.3 is 0 Å². The molecule has 10 aromatic heterocycles. The van der Waals surface area contributed by atoms with Crippen LogP contribution in [0, 0.1) is 13.8 Å². The fourth-order valence-corrected chi connectivity index (χ4v) is 23.1. The molecule has 0 aliphatic carbocycles. The molecule has 0 bridgehead atoms. The van der Waals surface area contributed by atoms with Gasteiger partial charge in [-0.15, -0.1) is 79.4 Å². The van der Waals surface area contributed by atoms with Gasteiger partial charge in [-0.05, 0) is 20.3 Å². The Hall–Kier alpha value is -7.77. The summed E-state index contributed by atoms with van der Waals surface area (Å²) in [6, 6.07) is 0. The molecule has 10 aromatic rings. The molecule has 30 atom stereocenters. The monoisotopic (exact) mass is 2190 g/mol. The Labute approximate surface area is 853 Å². The van der Waals surface area contributed by atoms with Crippen LogP contribution in [0.4, 0.5) is 5.13 Å². The SMILES string of the molecule is CC(=O)c1cnc(CC[C@H]2O[C@H](CO)[C@@H](O)[C@H](O)[C@@H]2O)s1.CC(=O)c1cnc(C[C@H]2O[C@H](CO)[C@@H](O)[C@H](O)[C@@H]2O)s1.CC(=O)c1cnc(NC[C@H]2O[C@H](CO)[C@@H](O)[C@H](O)[C@@H]2O)s1.CC(=O)c1cnc(SC[C@H]2O[C@H](CO)[C@@H](O)[C@H](O)[C@@H]2O)s1.Cc1nc(-c2cn[nH]n2)sc1C(=O)c1cnc(C[C@H]2O[C@H](CO)[C@@H](O)[C@H](O)[C@@H]2O)s1.Cc1nc(-c2cnccn2)sc1C(=O)c1cnc(C[C@H]2O[C@H](CO)[C@@H](O)[C@H](O)[C@@H]2O)s1. The van der Waals surface area contributed by atoms with Crippen molar-refractivity contribution in [1.29, 1.82) is 0 Å². The average molecular weight is 2190 g/mol. The maximum absolute atomic E-state index is 13.0. The molecule has 0 aromatic carbocycles. The van der Waals surface area contributed by atoms with Crippen LogP contribution in [0.15, 0.2) is 66.3 Å². The number of thiazole rings is 8. The van der Waals surface area contributed by atoms with E-state index >= 15 is 0 Å². The van der Waals surface area contributed by atoms with Crippen molar-refractivity contribution in [2.24, 2.45) is 0 Å². The zero-order valence-electron chi connectivity index (χ0n) is 77.0. The van der Waals surface area contributed by atoms with Crippen molar-refractivity contribution in [2.75, 3.05) is 57.3 Å². The van der Waals surface area contributed by atoms with E-state index in [0.29, 0.717) is 109 Å². The maximum Gasteiger partial charge on any atom is 0.216 e. The Morgan fingerprint density at radius 3 is 1.04 bits per heavy atom. The molecule has 16 rings (SSSR count). The van der Waals surface area contributed by atoms with Gasteiger partial charge in [0.25, 0.3) is 0 Å². The number of aliphatic hydroxyl groups excluding tert-OH is 24. The number of carbonyl (C=O) groups excluding carboxylic acids is 6. The summed E-state index contributed by atoms with van der Waals surface area (Å²) in [5, 5.41) is 249. The van der Waals surface area contributed by atoms with Crippen LogP contribution in [-0.2, 0) is 54.1 Å². The molecule has 16 heterocycles. The fraction of sp³-hybridized carbons (Fsp3) is 0.576. The van der Waals surface area contributed by atoms with Crippen LogP contribution in [0.3, 0.4) is 0 Å². The van der Waals surface area contributed by atoms with Crippen molar-refractivity contribution in [1.82, 2.24) is 65.3 Å². The lowest BCUT2D eigenvalue weighted by molar-refractivity contribution is -0.230. The largest absolute Gasteiger partial charge is 0.394 e. The van der Waals surface area contributed by atoms with Crippen LogP contribution in [-0.4, -0.2) is 458 Å². The number of nitrogens with one attached hydrogen (secondary N) is 2. The van der Waals surface area contributed by atoms with Gasteiger partial charge in [0.1, 0.15) is 174 Å². The summed E-state index contributed by atoms with van der Waals surface area (Å²) in [6.07, 6.45) is -18.5. The second-order valence-electron chi connectivity index (χ2n) is 33.2. The normalized spacial score (nSPS) is 30.4. The Bertz CT molecular complexity index is 5540. The number of anilines is 1. The second-order valence-corrected chi connectivity index (χ2v) is 43.0. The highest BCUT2D eigenvalue weighted by Gasteiger charge is 2.50. The third-order valence-corrected chi connectivity index (χ3v) is 33.1. The Morgan fingerprint density at radius 1 is 0.340 bits per heavy atom. The van der Waals surface area contributed by atoms with Gasteiger partial charge in [0, 0.05) is 103 Å². The van der Waals surface area contributed by atoms with Gasteiger partial charge in [0.2, 0.25) is 11.6 Å². The first-order valence-electron chi connectivity index (χ1n) is 44.1. The molecule has 50 nitrogen and oxygen atoms in total. The number of nitrogens with zero attached hydrogens (tertiary/aromatic N) is 12. The van der Waals surface area contributed by atoms with E-state index in [2.05, 4.69) is 70.6 Å². The number of aromatic nitrogens is 13. The fourth-order valence-electron chi connectivity index (χ4n) is 14.8. The highest BCUT2D eigenvalue weighted by atomic mass is 32.2. The number of ketones is 6. The minimum Gasteiger partial charge on any atom is -0.394 e. The van der Waals surface area contributed by atoms with Crippen LogP contribution in [0.5, 0.6) is 0 Å². The predicted molar refractivity (Wildman–Crippen MR) is 511 cm³/mol. The summed E-state index contributed by atoms with van der Waals surface area (Å²) in [7, 11) is 0. The van der Waals surface area contributed by atoms with E-state index in [9.17, 15) is 131 Å². The summed E-state index contributed by atoms with van der Waals surface area (Å²) in [5.74, 6) is -0.457. The Kier molecular flexibility index (Phi) is 43.8. The lowest BCUT2D eigenvalue weighted by Crippen LogP contribution is -2.60. The molecular weight excluding hydrogens is 2080 g/mol. The molecule has 0 unspecified atom stereocenters. The highest BCUT2D eigenvalue weighted by molar-refractivity contribution is 8.01. The summed E-state index contributed by atoms with van der Waals surface area (Å²) in [6.45, 7) is 6.60. The van der Waals surface area contributed by atoms with Gasteiger partial charge in [-0.2, -0.15) is 15.4 Å². The molecule has 6 saturated heterocycles. The number of thioether (sulfide) groups is 1. The van der Waals surface area contributed by atoms with Crippen LogP contribution < -0.4 is 5.32 Å². The third-order valence-electron chi connectivity index (χ3n) is 23.0. The molecule has 790 valence electrons. The lowest BCUT2D eigenvalue weighted by Gasteiger charge is -2.40. The Balaban J connectivity index is 0.000000166. The van der Waals surface area contributed by atoms with E-state index in [0.717, 1.165) is 27.7 Å². The highest BCUT2D eigenvalue weighted by Crippen LogP contribution is 2.38. The smallest absolute Gasteiger partial charge is 0.216 e. The second kappa shape index (κ2) is 54.1. The molecule has 59 heteroatoms. The van der Waals surface area contributed by atoms with Gasteiger partial charge in [0.05, 0.1) is 165 Å². The number of aliphatic hydroxyl groups is 24. The first-order chi connectivity index (χ1) is 68.5. The molecule has 6 aliphatic heterocycles. The molecule has 144 heavy (non-hydrogen) atoms. The molecule has 6 fully saturated rings. The number of hydrogen-bond donors (Lipinski definition) is 26. The number of hydrogen-bond acceptors (Lipinski definition) is 58. The lowest BCUT2D eigenvalue weighted by atomic mass is 9.93. The van der Waals surface area contributed by atoms with Gasteiger partial charge in [-0.25, -0.2) is 39.9 Å². The van der Waals surface area contributed by atoms with E-state index in [1.165, 1.54) is 151 Å². The minimum absolute atomic E-state index is 0.0495. The van der Waals surface area contributed by atoms with Crippen molar-refractivity contribution < 1.29 is 180 Å².